The topological polar surface area (TPSA) is 24.4 Å². The number of hydrogen-bond acceptors (Lipinski definition) is 3. The van der Waals surface area contributed by atoms with Crippen molar-refractivity contribution in [3.8, 4) is 0 Å². The van der Waals surface area contributed by atoms with Crippen LogP contribution < -0.4 is 5.32 Å². The number of amidine groups is 1. The molecule has 1 aromatic rings. The number of anilines is 1. The van der Waals surface area contributed by atoms with E-state index in [0.717, 1.165) is 29.4 Å². The number of nitrogens with one attached hydrogen (secondary N) is 1. The van der Waals surface area contributed by atoms with E-state index in [1.807, 2.05) is 11.8 Å². The second-order valence-electron chi connectivity index (χ2n) is 4.74. The smallest absolute Gasteiger partial charge is 0.161 e. The van der Waals surface area contributed by atoms with Crippen LogP contribution in [0.2, 0.25) is 0 Å². The molecule has 0 radical (unpaired) electrons. The van der Waals surface area contributed by atoms with Crippen LogP contribution in [-0.4, -0.2) is 16.5 Å². The van der Waals surface area contributed by atoms with Crippen LogP contribution in [0.5, 0.6) is 0 Å². The quantitative estimate of drug-likeness (QED) is 0.876. The molecule has 0 bridgehead atoms. The molecule has 2 nitrogen and oxygen atoms in total. The van der Waals surface area contributed by atoms with Crippen molar-refractivity contribution in [2.75, 3.05) is 11.1 Å². The van der Waals surface area contributed by atoms with Crippen molar-refractivity contribution in [3.63, 3.8) is 0 Å². The average molecular weight is 248 g/mol. The summed E-state index contributed by atoms with van der Waals surface area (Å²) in [6.45, 7) is 6.59. The zero-order valence-electron chi connectivity index (χ0n) is 10.8. The lowest BCUT2D eigenvalue weighted by atomic mass is 10.0. The Morgan fingerprint density at radius 2 is 2.24 bits per heavy atom. The summed E-state index contributed by atoms with van der Waals surface area (Å²) in [7, 11) is 0. The van der Waals surface area contributed by atoms with Crippen molar-refractivity contribution >= 4 is 22.6 Å². The van der Waals surface area contributed by atoms with Gasteiger partial charge in [0.2, 0.25) is 0 Å². The fraction of sp³-hybridized carbons (Fsp3) is 0.500. The van der Waals surface area contributed by atoms with E-state index in [9.17, 15) is 0 Å². The molecule has 1 aromatic carbocycles. The van der Waals surface area contributed by atoms with E-state index in [4.69, 9.17) is 4.99 Å². The van der Waals surface area contributed by atoms with Gasteiger partial charge in [0.1, 0.15) is 0 Å². The minimum atomic E-state index is 0.120. The molecule has 0 amide bonds. The van der Waals surface area contributed by atoms with Crippen molar-refractivity contribution in [2.24, 2.45) is 4.99 Å². The van der Waals surface area contributed by atoms with Crippen LogP contribution in [0.15, 0.2) is 29.3 Å². The molecule has 3 heteroatoms. The first kappa shape index (κ1) is 12.5. The zero-order valence-corrected chi connectivity index (χ0v) is 11.6. The van der Waals surface area contributed by atoms with Crippen LogP contribution in [-0.2, 0) is 6.42 Å². The molecule has 1 aliphatic heterocycles. The number of aliphatic imine (C=N–C) groups is 1. The Morgan fingerprint density at radius 3 is 2.88 bits per heavy atom. The van der Waals surface area contributed by atoms with E-state index in [1.165, 1.54) is 5.56 Å². The molecule has 0 fully saturated rings. The summed E-state index contributed by atoms with van der Waals surface area (Å²) in [5.74, 6) is 1.08. The van der Waals surface area contributed by atoms with Gasteiger partial charge in [-0.15, -0.1) is 0 Å². The summed E-state index contributed by atoms with van der Waals surface area (Å²) in [6.07, 6.45) is 2.17. The molecule has 1 N–H and O–H groups in total. The predicted octanol–water partition coefficient (Wildman–Crippen LogP) is 3.93. The Morgan fingerprint density at radius 1 is 1.41 bits per heavy atom. The molecule has 0 saturated heterocycles. The highest BCUT2D eigenvalue weighted by molar-refractivity contribution is 8.14. The predicted molar refractivity (Wildman–Crippen MR) is 78.0 cm³/mol. The van der Waals surface area contributed by atoms with E-state index >= 15 is 0 Å². The second kappa shape index (κ2) is 5.13. The minimum absolute atomic E-state index is 0.120. The van der Waals surface area contributed by atoms with Gasteiger partial charge in [0.15, 0.2) is 5.17 Å². The van der Waals surface area contributed by atoms with Crippen molar-refractivity contribution in [1.82, 2.24) is 0 Å². The third kappa shape index (κ3) is 3.03. The van der Waals surface area contributed by atoms with Crippen LogP contribution in [0, 0.1) is 0 Å². The van der Waals surface area contributed by atoms with Crippen molar-refractivity contribution in [1.29, 1.82) is 0 Å². The molecule has 0 spiro atoms. The summed E-state index contributed by atoms with van der Waals surface area (Å²) in [5.41, 5.74) is 2.63. The summed E-state index contributed by atoms with van der Waals surface area (Å²) >= 11 is 1.82. The van der Waals surface area contributed by atoms with E-state index < -0.39 is 0 Å². The number of rotatable bonds is 3. The van der Waals surface area contributed by atoms with Gasteiger partial charge in [0.05, 0.1) is 5.54 Å². The number of aryl methyl sites for hydroxylation is 1. The summed E-state index contributed by atoms with van der Waals surface area (Å²) < 4.78 is 0. The average Bonchev–Trinajstić information content (AvgIpc) is 2.72. The lowest BCUT2D eigenvalue weighted by Crippen LogP contribution is -2.20. The third-order valence-corrected chi connectivity index (χ3v) is 4.47. The van der Waals surface area contributed by atoms with E-state index in [2.05, 4.69) is 50.4 Å². The molecule has 0 aliphatic carbocycles. The molecule has 17 heavy (non-hydrogen) atoms. The number of hydrogen-bond donors (Lipinski definition) is 1. The van der Waals surface area contributed by atoms with E-state index in [1.54, 1.807) is 0 Å². The highest BCUT2D eigenvalue weighted by Crippen LogP contribution is 2.30. The standard InChI is InChI=1S/C14H20N2S/c1-4-11-7-6-8-12(9-11)15-13-16-14(3,5-2)10-17-13/h6-9H,4-5,10H2,1-3H3,(H,15,16). The van der Waals surface area contributed by atoms with Gasteiger partial charge in [-0.1, -0.05) is 37.7 Å². The molecule has 2 rings (SSSR count). The van der Waals surface area contributed by atoms with Gasteiger partial charge in [-0.05, 0) is 37.5 Å². The van der Waals surface area contributed by atoms with E-state index in [-0.39, 0.29) is 5.54 Å². The highest BCUT2D eigenvalue weighted by Gasteiger charge is 2.28. The molecular formula is C14H20N2S. The molecule has 1 aliphatic rings. The Hall–Kier alpha value is -0.960. The lowest BCUT2D eigenvalue weighted by Gasteiger charge is -2.15. The van der Waals surface area contributed by atoms with Crippen molar-refractivity contribution in [3.05, 3.63) is 29.8 Å². The summed E-state index contributed by atoms with van der Waals surface area (Å²) in [6, 6.07) is 8.56. The second-order valence-corrected chi connectivity index (χ2v) is 5.70. The monoisotopic (exact) mass is 248 g/mol. The molecule has 0 saturated carbocycles. The Bertz CT molecular complexity index is 428. The lowest BCUT2D eigenvalue weighted by molar-refractivity contribution is 0.523. The van der Waals surface area contributed by atoms with Gasteiger partial charge in [0, 0.05) is 11.4 Å². The minimum Gasteiger partial charge on any atom is -0.335 e. The maximum absolute atomic E-state index is 4.76. The first-order valence-electron chi connectivity index (χ1n) is 6.24. The number of benzene rings is 1. The molecule has 92 valence electrons. The van der Waals surface area contributed by atoms with Gasteiger partial charge in [-0.2, -0.15) is 0 Å². The fourth-order valence-electron chi connectivity index (χ4n) is 1.77. The Labute approximate surface area is 108 Å². The first-order chi connectivity index (χ1) is 8.15. The SMILES string of the molecule is CCc1cccc(NC2=NC(C)(CC)CS2)c1. The third-order valence-electron chi connectivity index (χ3n) is 3.24. The maximum atomic E-state index is 4.76. The summed E-state index contributed by atoms with van der Waals surface area (Å²) in [5, 5.41) is 4.48. The van der Waals surface area contributed by atoms with Gasteiger partial charge in [-0.3, -0.25) is 4.99 Å². The fourth-order valence-corrected chi connectivity index (χ4v) is 2.96. The van der Waals surface area contributed by atoms with Crippen LogP contribution in [0.4, 0.5) is 5.69 Å². The van der Waals surface area contributed by atoms with Crippen molar-refractivity contribution in [2.45, 2.75) is 39.2 Å². The normalized spacial score (nSPS) is 23.6. The first-order valence-corrected chi connectivity index (χ1v) is 7.22. The van der Waals surface area contributed by atoms with Crippen LogP contribution in [0.3, 0.4) is 0 Å². The number of nitrogens with zero attached hydrogens (tertiary/aromatic N) is 1. The van der Waals surface area contributed by atoms with Gasteiger partial charge in [-0.25, -0.2) is 0 Å². The molecule has 1 atom stereocenters. The number of thioether (sulfide) groups is 1. The van der Waals surface area contributed by atoms with Crippen LogP contribution in [0.1, 0.15) is 32.8 Å². The molecule has 1 heterocycles. The molecule has 0 aromatic heterocycles. The Balaban J connectivity index is 2.09. The van der Waals surface area contributed by atoms with Gasteiger partial charge < -0.3 is 5.32 Å². The zero-order chi connectivity index (χ0) is 12.3. The van der Waals surface area contributed by atoms with Gasteiger partial charge >= 0.3 is 0 Å². The largest absolute Gasteiger partial charge is 0.335 e. The van der Waals surface area contributed by atoms with Gasteiger partial charge in [0.25, 0.3) is 0 Å². The summed E-state index contributed by atoms with van der Waals surface area (Å²) in [4.78, 5) is 4.76. The van der Waals surface area contributed by atoms with Crippen molar-refractivity contribution < 1.29 is 0 Å². The highest BCUT2D eigenvalue weighted by atomic mass is 32.2. The van der Waals surface area contributed by atoms with E-state index in [0.29, 0.717) is 0 Å². The van der Waals surface area contributed by atoms with Crippen LogP contribution >= 0.6 is 11.8 Å². The molecular weight excluding hydrogens is 228 g/mol. The molecule has 1 unspecified atom stereocenters. The maximum Gasteiger partial charge on any atom is 0.161 e. The Kier molecular flexibility index (Phi) is 3.77. The van der Waals surface area contributed by atoms with Crippen LogP contribution in [0.25, 0.3) is 0 Å².